The van der Waals surface area contributed by atoms with Crippen LogP contribution in [0.4, 0.5) is 5.69 Å². The lowest BCUT2D eigenvalue weighted by molar-refractivity contribution is -0.137. The normalized spacial score (nSPS) is 13.8. The minimum Gasteiger partial charge on any atom is -0.497 e. The lowest BCUT2D eigenvalue weighted by atomic mass is 10.2. The molecule has 0 bridgehead atoms. The fourth-order valence-corrected chi connectivity index (χ4v) is 4.28. The number of ether oxygens (including phenoxy) is 4. The molecule has 1 heterocycles. The van der Waals surface area contributed by atoms with Gasteiger partial charge in [-0.15, -0.1) is 0 Å². The number of benzene rings is 2. The van der Waals surface area contributed by atoms with Crippen LogP contribution < -0.4 is 23.9 Å². The number of nitrogens with one attached hydrogen (secondary N) is 1. The van der Waals surface area contributed by atoms with E-state index in [1.807, 2.05) is 0 Å². The summed E-state index contributed by atoms with van der Waals surface area (Å²) in [4.78, 5) is 26.3. The number of morpholine rings is 1. The maximum Gasteiger partial charge on any atom is 0.260 e. The van der Waals surface area contributed by atoms with E-state index in [1.54, 1.807) is 35.2 Å². The van der Waals surface area contributed by atoms with Crippen molar-refractivity contribution in [3.63, 3.8) is 0 Å². The van der Waals surface area contributed by atoms with Crippen LogP contribution in [0.25, 0.3) is 0 Å². The number of rotatable bonds is 11. The van der Waals surface area contributed by atoms with Gasteiger partial charge in [-0.3, -0.25) is 13.9 Å². The van der Waals surface area contributed by atoms with Crippen LogP contribution >= 0.6 is 0 Å². The van der Waals surface area contributed by atoms with Crippen molar-refractivity contribution in [2.24, 2.45) is 5.10 Å². The van der Waals surface area contributed by atoms with Crippen molar-refractivity contribution < 1.29 is 37.0 Å². The highest BCUT2D eigenvalue weighted by molar-refractivity contribution is 7.92. The second-order valence-electron chi connectivity index (χ2n) is 7.95. The van der Waals surface area contributed by atoms with Gasteiger partial charge >= 0.3 is 0 Å². The smallest absolute Gasteiger partial charge is 0.260 e. The van der Waals surface area contributed by atoms with E-state index in [1.165, 1.54) is 32.6 Å². The number of hydrogen-bond donors (Lipinski definition) is 1. The van der Waals surface area contributed by atoms with Gasteiger partial charge in [0, 0.05) is 19.2 Å². The Balaban J connectivity index is 1.55. The second kappa shape index (κ2) is 12.9. The van der Waals surface area contributed by atoms with Crippen LogP contribution in [0.5, 0.6) is 17.2 Å². The minimum absolute atomic E-state index is 0.0701. The first-order valence-electron chi connectivity index (χ1n) is 11.3. The van der Waals surface area contributed by atoms with Crippen LogP contribution in [-0.2, 0) is 24.3 Å². The first-order chi connectivity index (χ1) is 17.7. The number of sulfonamides is 1. The van der Waals surface area contributed by atoms with Crippen molar-refractivity contribution in [3.05, 3.63) is 48.0 Å². The Morgan fingerprint density at radius 3 is 2.38 bits per heavy atom. The van der Waals surface area contributed by atoms with Gasteiger partial charge in [0.15, 0.2) is 6.61 Å². The third-order valence-corrected chi connectivity index (χ3v) is 6.48. The molecule has 13 heteroatoms. The zero-order valence-corrected chi connectivity index (χ0v) is 21.7. The van der Waals surface area contributed by atoms with E-state index in [9.17, 15) is 18.0 Å². The molecule has 0 spiro atoms. The summed E-state index contributed by atoms with van der Waals surface area (Å²) in [5.74, 6) is 0.464. The van der Waals surface area contributed by atoms with E-state index >= 15 is 0 Å². The standard InChI is InChI=1S/C24H30N4O8S/c1-33-20-8-9-21(22(14-20)34-2)28(37(3,31)32)16-23(29)26-25-15-18-4-6-19(7-5-18)36-17-24(30)27-10-12-35-13-11-27/h4-9,14-15H,10-13,16-17H2,1-3H3,(H,26,29)/b25-15-. The van der Waals surface area contributed by atoms with Gasteiger partial charge < -0.3 is 23.8 Å². The van der Waals surface area contributed by atoms with Crippen LogP contribution in [0.3, 0.4) is 0 Å². The fourth-order valence-electron chi connectivity index (χ4n) is 3.42. The third kappa shape index (κ3) is 8.08. The summed E-state index contributed by atoms with van der Waals surface area (Å²) in [6.45, 7) is 1.58. The molecule has 1 fully saturated rings. The molecule has 2 amide bonds. The summed E-state index contributed by atoms with van der Waals surface area (Å²) in [5.41, 5.74) is 3.17. The summed E-state index contributed by atoms with van der Waals surface area (Å²) in [5, 5.41) is 3.89. The molecule has 0 unspecified atom stereocenters. The molecule has 1 aliphatic rings. The summed E-state index contributed by atoms with van der Waals surface area (Å²) >= 11 is 0. The van der Waals surface area contributed by atoms with E-state index in [-0.39, 0.29) is 24.0 Å². The van der Waals surface area contributed by atoms with Crippen LogP contribution in [0.2, 0.25) is 0 Å². The first-order valence-corrected chi connectivity index (χ1v) is 13.2. The molecule has 0 saturated carbocycles. The summed E-state index contributed by atoms with van der Waals surface area (Å²) in [7, 11) is -0.949. The Morgan fingerprint density at radius 1 is 1.08 bits per heavy atom. The van der Waals surface area contributed by atoms with Gasteiger partial charge in [-0.25, -0.2) is 13.8 Å². The highest BCUT2D eigenvalue weighted by atomic mass is 32.2. The van der Waals surface area contributed by atoms with E-state index in [2.05, 4.69) is 10.5 Å². The molecule has 0 aliphatic carbocycles. The summed E-state index contributed by atoms with van der Waals surface area (Å²) < 4.78 is 46.9. The predicted molar refractivity (Wildman–Crippen MR) is 137 cm³/mol. The maximum atomic E-state index is 12.5. The van der Waals surface area contributed by atoms with Crippen molar-refractivity contribution in [1.82, 2.24) is 10.3 Å². The Hall–Kier alpha value is -3.84. The zero-order valence-electron chi connectivity index (χ0n) is 20.9. The van der Waals surface area contributed by atoms with Crippen LogP contribution in [-0.4, -0.2) is 91.3 Å². The average Bonchev–Trinajstić information content (AvgIpc) is 2.90. The second-order valence-corrected chi connectivity index (χ2v) is 9.86. The molecule has 1 aliphatic heterocycles. The number of nitrogens with zero attached hydrogens (tertiary/aromatic N) is 3. The van der Waals surface area contributed by atoms with Gasteiger partial charge in [-0.2, -0.15) is 5.10 Å². The average molecular weight is 535 g/mol. The van der Waals surface area contributed by atoms with E-state index in [4.69, 9.17) is 18.9 Å². The van der Waals surface area contributed by atoms with Crippen molar-refractivity contribution in [3.8, 4) is 17.2 Å². The number of carbonyl (C=O) groups is 2. The largest absolute Gasteiger partial charge is 0.497 e. The fraction of sp³-hybridized carbons (Fsp3) is 0.375. The lowest BCUT2D eigenvalue weighted by Gasteiger charge is -2.26. The van der Waals surface area contributed by atoms with Gasteiger partial charge in [0.05, 0.1) is 45.6 Å². The Morgan fingerprint density at radius 2 is 1.76 bits per heavy atom. The Kier molecular flexibility index (Phi) is 9.69. The SMILES string of the molecule is COc1ccc(N(CC(=O)N/N=C\c2ccc(OCC(=O)N3CCOCC3)cc2)S(C)(=O)=O)c(OC)c1. The number of methoxy groups -OCH3 is 2. The molecule has 2 aromatic rings. The molecule has 12 nitrogen and oxygen atoms in total. The van der Waals surface area contributed by atoms with Crippen LogP contribution in [0, 0.1) is 0 Å². The van der Waals surface area contributed by atoms with Gasteiger partial charge in [-0.05, 0) is 42.0 Å². The molecule has 0 atom stereocenters. The minimum atomic E-state index is -3.81. The quantitative estimate of drug-likeness (QED) is 0.331. The maximum absolute atomic E-state index is 12.5. The third-order valence-electron chi connectivity index (χ3n) is 5.35. The molecule has 200 valence electrons. The zero-order chi connectivity index (χ0) is 26.8. The Labute approximate surface area is 215 Å². The van der Waals surface area contributed by atoms with Gasteiger partial charge in [-0.1, -0.05) is 0 Å². The first kappa shape index (κ1) is 27.7. The summed E-state index contributed by atoms with van der Waals surface area (Å²) in [6, 6.07) is 11.3. The lowest BCUT2D eigenvalue weighted by Crippen LogP contribution is -2.42. The van der Waals surface area contributed by atoms with Crippen LogP contribution in [0.1, 0.15) is 5.56 Å². The molecule has 1 saturated heterocycles. The van der Waals surface area contributed by atoms with Gasteiger partial charge in [0.2, 0.25) is 10.0 Å². The van der Waals surface area contributed by atoms with Crippen LogP contribution in [0.15, 0.2) is 47.6 Å². The highest BCUT2D eigenvalue weighted by Crippen LogP contribution is 2.33. The number of carbonyl (C=O) groups excluding carboxylic acids is 2. The number of hydrazone groups is 1. The number of anilines is 1. The van der Waals surface area contributed by atoms with Crippen molar-refractivity contribution in [2.45, 2.75) is 0 Å². The van der Waals surface area contributed by atoms with Gasteiger partial charge in [0.1, 0.15) is 23.8 Å². The molecular weight excluding hydrogens is 504 g/mol. The molecular formula is C24H30N4O8S. The topological polar surface area (TPSA) is 136 Å². The van der Waals surface area contributed by atoms with Crippen molar-refractivity contribution in [2.75, 3.05) is 64.2 Å². The Bertz CT molecular complexity index is 1210. The monoisotopic (exact) mass is 534 g/mol. The van der Waals surface area contributed by atoms with Crippen molar-refractivity contribution in [1.29, 1.82) is 0 Å². The van der Waals surface area contributed by atoms with Crippen molar-refractivity contribution >= 4 is 33.7 Å². The van der Waals surface area contributed by atoms with E-state index < -0.39 is 22.5 Å². The molecule has 1 N–H and O–H groups in total. The number of amides is 2. The highest BCUT2D eigenvalue weighted by Gasteiger charge is 2.24. The van der Waals surface area contributed by atoms with Gasteiger partial charge in [0.25, 0.3) is 11.8 Å². The molecule has 2 aromatic carbocycles. The molecule has 37 heavy (non-hydrogen) atoms. The molecule has 0 aromatic heterocycles. The van der Waals surface area contributed by atoms with E-state index in [0.29, 0.717) is 43.4 Å². The number of hydrogen-bond acceptors (Lipinski definition) is 9. The summed E-state index contributed by atoms with van der Waals surface area (Å²) in [6.07, 6.45) is 2.39. The van der Waals surface area contributed by atoms with E-state index in [0.717, 1.165) is 10.6 Å². The predicted octanol–water partition coefficient (Wildman–Crippen LogP) is 0.858. The molecule has 3 rings (SSSR count). The molecule has 0 radical (unpaired) electrons.